The lowest BCUT2D eigenvalue weighted by Crippen LogP contribution is -2.56. The molecule has 2 nitrogen and oxygen atoms in total. The molecule has 19 heavy (non-hydrogen) atoms. The molecule has 1 aliphatic rings. The largest absolute Gasteiger partial charge is 0.314 e. The van der Waals surface area contributed by atoms with Crippen LogP contribution < -0.4 is 5.32 Å². The van der Waals surface area contributed by atoms with Crippen LogP contribution in [0.3, 0.4) is 0 Å². The van der Waals surface area contributed by atoms with Crippen molar-refractivity contribution in [2.24, 2.45) is 5.41 Å². The Morgan fingerprint density at radius 2 is 2.16 bits per heavy atom. The van der Waals surface area contributed by atoms with E-state index in [4.69, 9.17) is 11.6 Å². The number of nitrogens with zero attached hydrogens (tertiary/aromatic N) is 1. The van der Waals surface area contributed by atoms with E-state index in [-0.39, 0.29) is 11.2 Å². The summed E-state index contributed by atoms with van der Waals surface area (Å²) >= 11 is 5.96. The summed E-state index contributed by atoms with van der Waals surface area (Å²) in [6, 6.07) is 5.18. The summed E-state index contributed by atoms with van der Waals surface area (Å²) in [5.74, 6) is -0.171. The monoisotopic (exact) mass is 284 g/mol. The molecule has 1 atom stereocenters. The second kappa shape index (κ2) is 5.78. The number of rotatable bonds is 2. The van der Waals surface area contributed by atoms with Crippen LogP contribution in [-0.2, 0) is 6.54 Å². The summed E-state index contributed by atoms with van der Waals surface area (Å²) in [5, 5.41) is 4.02. The van der Waals surface area contributed by atoms with E-state index in [9.17, 15) is 4.39 Å². The predicted octanol–water partition coefficient (Wildman–Crippen LogP) is 3.30. The third-order valence-corrected chi connectivity index (χ3v) is 3.97. The van der Waals surface area contributed by atoms with Gasteiger partial charge >= 0.3 is 0 Å². The van der Waals surface area contributed by atoms with E-state index < -0.39 is 0 Å². The fraction of sp³-hybridized carbons (Fsp3) is 0.600. The van der Waals surface area contributed by atoms with Gasteiger partial charge in [0.05, 0.1) is 0 Å². The van der Waals surface area contributed by atoms with Gasteiger partial charge in [-0.1, -0.05) is 32.4 Å². The fourth-order valence-corrected chi connectivity index (χ4v) is 2.87. The first-order valence-electron chi connectivity index (χ1n) is 6.76. The van der Waals surface area contributed by atoms with Crippen molar-refractivity contribution in [2.45, 2.75) is 33.4 Å². The third-order valence-electron chi connectivity index (χ3n) is 3.74. The molecule has 4 heteroatoms. The zero-order valence-corrected chi connectivity index (χ0v) is 12.6. The average Bonchev–Trinajstić information content (AvgIpc) is 2.33. The SMILES string of the molecule is CC(C)(C)C1CNCCN1Cc1cc(Cl)ccc1F. The first kappa shape index (κ1) is 14.8. The van der Waals surface area contributed by atoms with Crippen LogP contribution in [0.15, 0.2) is 18.2 Å². The molecule has 106 valence electrons. The molecule has 0 amide bonds. The molecule has 1 saturated heterocycles. The Balaban J connectivity index is 2.17. The Bertz CT molecular complexity index is 442. The molecule has 1 N–H and O–H groups in total. The van der Waals surface area contributed by atoms with Crippen LogP contribution in [0.4, 0.5) is 4.39 Å². The van der Waals surface area contributed by atoms with Crippen molar-refractivity contribution in [1.82, 2.24) is 10.2 Å². The third kappa shape index (κ3) is 3.68. The molecule has 0 saturated carbocycles. The summed E-state index contributed by atoms with van der Waals surface area (Å²) in [5.41, 5.74) is 0.853. The lowest BCUT2D eigenvalue weighted by Gasteiger charge is -2.43. The minimum Gasteiger partial charge on any atom is -0.314 e. The quantitative estimate of drug-likeness (QED) is 0.896. The van der Waals surface area contributed by atoms with Crippen LogP contribution in [0.5, 0.6) is 0 Å². The summed E-state index contributed by atoms with van der Waals surface area (Å²) in [6.45, 7) is 10.1. The highest BCUT2D eigenvalue weighted by molar-refractivity contribution is 6.30. The van der Waals surface area contributed by atoms with Gasteiger partial charge in [-0.3, -0.25) is 4.90 Å². The van der Waals surface area contributed by atoms with Gasteiger partial charge in [0.1, 0.15) is 5.82 Å². The van der Waals surface area contributed by atoms with E-state index >= 15 is 0 Å². The second-order valence-corrected chi connectivity index (χ2v) is 6.73. The standard InChI is InChI=1S/C15H22ClFN2/c1-15(2,3)14-9-18-6-7-19(14)10-11-8-12(16)4-5-13(11)17/h4-5,8,14,18H,6-7,9-10H2,1-3H3. The topological polar surface area (TPSA) is 15.3 Å². The van der Waals surface area contributed by atoms with Gasteiger partial charge in [-0.05, 0) is 23.6 Å². The number of benzene rings is 1. The van der Waals surface area contributed by atoms with E-state index in [1.807, 2.05) is 0 Å². The van der Waals surface area contributed by atoms with Gasteiger partial charge in [0.25, 0.3) is 0 Å². The van der Waals surface area contributed by atoms with E-state index in [1.54, 1.807) is 12.1 Å². The van der Waals surface area contributed by atoms with Crippen molar-refractivity contribution in [2.75, 3.05) is 19.6 Å². The molecule has 0 aliphatic carbocycles. The molecule has 1 fully saturated rings. The van der Waals surface area contributed by atoms with Gasteiger partial charge in [0.15, 0.2) is 0 Å². The maximum Gasteiger partial charge on any atom is 0.127 e. The lowest BCUT2D eigenvalue weighted by atomic mass is 9.84. The summed E-state index contributed by atoms with van der Waals surface area (Å²) in [6.07, 6.45) is 0. The Hall–Kier alpha value is -0.640. The number of hydrogen-bond donors (Lipinski definition) is 1. The van der Waals surface area contributed by atoms with E-state index in [2.05, 4.69) is 31.0 Å². The smallest absolute Gasteiger partial charge is 0.127 e. The molecular formula is C15H22ClFN2. The molecule has 1 unspecified atom stereocenters. The number of nitrogens with one attached hydrogen (secondary N) is 1. The van der Waals surface area contributed by atoms with Gasteiger partial charge in [-0.2, -0.15) is 0 Å². The highest BCUT2D eigenvalue weighted by Gasteiger charge is 2.32. The number of piperazine rings is 1. The lowest BCUT2D eigenvalue weighted by molar-refractivity contribution is 0.0680. The minimum atomic E-state index is -0.171. The Labute approximate surface area is 119 Å². The minimum absolute atomic E-state index is 0.169. The van der Waals surface area contributed by atoms with Crippen LogP contribution in [0.25, 0.3) is 0 Å². The molecule has 0 bridgehead atoms. The molecule has 2 rings (SSSR count). The fourth-order valence-electron chi connectivity index (χ4n) is 2.67. The van der Waals surface area contributed by atoms with Crippen molar-refractivity contribution in [3.63, 3.8) is 0 Å². The van der Waals surface area contributed by atoms with Crippen molar-refractivity contribution >= 4 is 11.6 Å². The highest BCUT2D eigenvalue weighted by atomic mass is 35.5. The van der Waals surface area contributed by atoms with Gasteiger partial charge in [-0.25, -0.2) is 4.39 Å². The zero-order valence-electron chi connectivity index (χ0n) is 11.8. The predicted molar refractivity (Wildman–Crippen MR) is 77.9 cm³/mol. The van der Waals surface area contributed by atoms with Crippen LogP contribution in [0.2, 0.25) is 5.02 Å². The zero-order chi connectivity index (χ0) is 14.0. The number of halogens is 2. The molecule has 1 aromatic carbocycles. The number of hydrogen-bond acceptors (Lipinski definition) is 2. The Kier molecular flexibility index (Phi) is 4.49. The van der Waals surface area contributed by atoms with E-state index in [0.29, 0.717) is 23.2 Å². The molecular weight excluding hydrogens is 263 g/mol. The van der Waals surface area contributed by atoms with Gasteiger partial charge in [0, 0.05) is 42.8 Å². The Morgan fingerprint density at radius 3 is 2.84 bits per heavy atom. The molecule has 0 aromatic heterocycles. The van der Waals surface area contributed by atoms with Crippen LogP contribution >= 0.6 is 11.6 Å². The maximum absolute atomic E-state index is 13.8. The van der Waals surface area contributed by atoms with Crippen molar-refractivity contribution < 1.29 is 4.39 Å². The summed E-state index contributed by atoms with van der Waals surface area (Å²) < 4.78 is 13.8. The van der Waals surface area contributed by atoms with Crippen molar-refractivity contribution in [3.8, 4) is 0 Å². The van der Waals surface area contributed by atoms with Crippen LogP contribution in [-0.4, -0.2) is 30.6 Å². The van der Waals surface area contributed by atoms with Gasteiger partial charge in [0.2, 0.25) is 0 Å². The second-order valence-electron chi connectivity index (χ2n) is 6.29. The maximum atomic E-state index is 13.8. The van der Waals surface area contributed by atoms with Gasteiger partial charge in [-0.15, -0.1) is 0 Å². The molecule has 1 aromatic rings. The van der Waals surface area contributed by atoms with Gasteiger partial charge < -0.3 is 5.32 Å². The molecule has 1 heterocycles. The molecule has 1 aliphatic heterocycles. The van der Waals surface area contributed by atoms with E-state index in [0.717, 1.165) is 19.6 Å². The molecule has 0 radical (unpaired) electrons. The van der Waals surface area contributed by atoms with Crippen molar-refractivity contribution in [3.05, 3.63) is 34.6 Å². The highest BCUT2D eigenvalue weighted by Crippen LogP contribution is 2.27. The molecule has 0 spiro atoms. The first-order chi connectivity index (χ1) is 8.88. The first-order valence-corrected chi connectivity index (χ1v) is 7.14. The summed E-state index contributed by atoms with van der Waals surface area (Å²) in [7, 11) is 0. The average molecular weight is 285 g/mol. The van der Waals surface area contributed by atoms with Crippen LogP contribution in [0.1, 0.15) is 26.3 Å². The van der Waals surface area contributed by atoms with Crippen LogP contribution in [0, 0.1) is 11.2 Å². The Morgan fingerprint density at radius 1 is 1.42 bits per heavy atom. The summed E-state index contributed by atoms with van der Waals surface area (Å²) in [4.78, 5) is 2.35. The normalized spacial score (nSPS) is 21.6. The van der Waals surface area contributed by atoms with E-state index in [1.165, 1.54) is 6.07 Å². The van der Waals surface area contributed by atoms with Crippen molar-refractivity contribution in [1.29, 1.82) is 0 Å².